The highest BCUT2D eigenvalue weighted by Crippen LogP contribution is 2.18. The molecular formula is C20H38N2O10. The first-order valence-electron chi connectivity index (χ1n) is 11.0. The van der Waals surface area contributed by atoms with Crippen LogP contribution in [0.5, 0.6) is 0 Å². The molecule has 4 saturated heterocycles. The van der Waals surface area contributed by atoms with Crippen LogP contribution < -0.4 is 20.0 Å². The molecule has 188 valence electrons. The molecule has 4 heterocycles. The first-order valence-corrected chi connectivity index (χ1v) is 11.0. The molecule has 0 aromatic carbocycles. The minimum atomic E-state index is -0.743. The van der Waals surface area contributed by atoms with Gasteiger partial charge >= 0.3 is 0 Å². The Morgan fingerprint density at radius 1 is 0.625 bits per heavy atom. The molecule has 12 heteroatoms. The van der Waals surface area contributed by atoms with Crippen LogP contribution >= 0.6 is 0 Å². The van der Waals surface area contributed by atoms with E-state index in [9.17, 15) is 30.6 Å². The third kappa shape index (κ3) is 6.81. The largest absolute Gasteiger partial charge is 0.554 e. The van der Waals surface area contributed by atoms with Crippen LogP contribution in [0, 0.1) is 0 Å². The van der Waals surface area contributed by atoms with Crippen molar-refractivity contribution in [1.82, 2.24) is 0 Å². The lowest BCUT2D eigenvalue weighted by molar-refractivity contribution is -0.947. The van der Waals surface area contributed by atoms with E-state index in [0.717, 1.165) is 25.7 Å². The molecule has 32 heavy (non-hydrogen) atoms. The van der Waals surface area contributed by atoms with Gasteiger partial charge in [-0.3, -0.25) is 0 Å². The van der Waals surface area contributed by atoms with Crippen LogP contribution in [-0.4, -0.2) is 117 Å². The average molecular weight is 467 g/mol. The van der Waals surface area contributed by atoms with Crippen LogP contribution in [0.15, 0.2) is 0 Å². The van der Waals surface area contributed by atoms with Crippen molar-refractivity contribution in [2.24, 2.45) is 0 Å². The van der Waals surface area contributed by atoms with Gasteiger partial charge in [-0.2, -0.15) is 0 Å². The van der Waals surface area contributed by atoms with Crippen LogP contribution in [-0.2, 0) is 9.59 Å². The highest BCUT2D eigenvalue weighted by atomic mass is 16.4. The van der Waals surface area contributed by atoms with Crippen LogP contribution in [0.4, 0.5) is 0 Å². The van der Waals surface area contributed by atoms with Crippen LogP contribution in [0.1, 0.15) is 39.5 Å². The van der Waals surface area contributed by atoms with Crippen LogP contribution in [0.25, 0.3) is 0 Å². The van der Waals surface area contributed by atoms with E-state index in [2.05, 4.69) is 13.8 Å². The molecular weight excluding hydrogens is 428 g/mol. The van der Waals surface area contributed by atoms with Gasteiger partial charge in [0.1, 0.15) is 61.8 Å². The van der Waals surface area contributed by atoms with Crippen molar-refractivity contribution < 1.29 is 60.2 Å². The SMILES string of the molecule is CC1CCC(O)[C@@H]2C(O)[C@@H](O)C[NH+]12.C[C@@H]1CC[C@@H](O)[C@@H]2[C@H](O)[C@H](O)C[NH+]21.O=C[O-].O=C[O-]. The summed E-state index contributed by atoms with van der Waals surface area (Å²) in [4.78, 5) is 18.8. The standard InChI is InChI=1S/2C9H17NO3.2CH2O2/c2*1-5-2-3-6(11)8-9(13)7(12)4-10(5)8;2*2-1-3/h2*5-9,11-13H,2-4H2,1H3;2*1H,(H,2,3)/t5?,6?,7-,8+,9?;5-,6-,7-,8-,9-;;/m01../s1. The van der Waals surface area contributed by atoms with E-state index in [4.69, 9.17) is 19.8 Å². The first-order chi connectivity index (χ1) is 15.0. The Balaban J connectivity index is 0.000000258. The highest BCUT2D eigenvalue weighted by Gasteiger charge is 2.52. The number of fused-ring (bicyclic) bond motifs is 2. The second kappa shape index (κ2) is 13.4. The average Bonchev–Trinajstić information content (AvgIpc) is 3.21. The van der Waals surface area contributed by atoms with Gasteiger partial charge in [0.05, 0.1) is 12.1 Å². The Hall–Kier alpha value is -1.38. The van der Waals surface area contributed by atoms with Gasteiger partial charge in [-0.15, -0.1) is 0 Å². The number of rotatable bonds is 0. The Morgan fingerprint density at radius 2 is 0.906 bits per heavy atom. The number of aliphatic hydroxyl groups is 6. The second-order valence-electron chi connectivity index (χ2n) is 9.01. The highest BCUT2D eigenvalue weighted by molar-refractivity contribution is 5.29. The summed E-state index contributed by atoms with van der Waals surface area (Å²) >= 11 is 0. The number of piperidine rings is 2. The van der Waals surface area contributed by atoms with E-state index < -0.39 is 49.6 Å². The Morgan fingerprint density at radius 3 is 1.16 bits per heavy atom. The van der Waals surface area contributed by atoms with Crippen molar-refractivity contribution in [3.05, 3.63) is 0 Å². The van der Waals surface area contributed by atoms with E-state index in [1.807, 2.05) is 0 Å². The fourth-order valence-electron chi connectivity index (χ4n) is 5.49. The molecule has 4 aliphatic heterocycles. The first kappa shape index (κ1) is 28.7. The van der Waals surface area contributed by atoms with Gasteiger partial charge < -0.3 is 60.2 Å². The van der Waals surface area contributed by atoms with Crippen molar-refractivity contribution in [2.45, 2.75) is 100 Å². The van der Waals surface area contributed by atoms with Crippen LogP contribution in [0.3, 0.4) is 0 Å². The minimum Gasteiger partial charge on any atom is -0.554 e. The fraction of sp³-hybridized carbons (Fsp3) is 0.900. The Labute approximate surface area is 187 Å². The Bertz CT molecular complexity index is 522. The lowest BCUT2D eigenvalue weighted by Gasteiger charge is -2.36. The maximum absolute atomic E-state index is 9.69. The zero-order chi connectivity index (χ0) is 24.6. The van der Waals surface area contributed by atoms with E-state index in [-0.39, 0.29) is 12.1 Å². The molecule has 0 amide bonds. The molecule has 0 radical (unpaired) electrons. The quantitative estimate of drug-likeness (QED) is 0.158. The molecule has 8 N–H and O–H groups in total. The van der Waals surface area contributed by atoms with Gasteiger partial charge in [-0.1, -0.05) is 0 Å². The lowest BCUT2D eigenvalue weighted by atomic mass is 9.93. The number of hydrogen-bond donors (Lipinski definition) is 8. The van der Waals surface area contributed by atoms with Gasteiger partial charge in [0.15, 0.2) is 0 Å². The summed E-state index contributed by atoms with van der Waals surface area (Å²) in [5.74, 6) is 0. The van der Waals surface area contributed by atoms with Gasteiger partial charge in [0.2, 0.25) is 0 Å². The fourth-order valence-corrected chi connectivity index (χ4v) is 5.49. The molecule has 12 nitrogen and oxygen atoms in total. The summed E-state index contributed by atoms with van der Waals surface area (Å²) in [6, 6.07) is 0.554. The molecule has 5 unspecified atom stereocenters. The zero-order valence-electron chi connectivity index (χ0n) is 18.5. The number of quaternary nitrogens is 2. The third-order valence-electron chi connectivity index (χ3n) is 7.16. The summed E-state index contributed by atoms with van der Waals surface area (Å²) in [5, 5.41) is 74.2. The third-order valence-corrected chi connectivity index (χ3v) is 7.16. The molecule has 0 spiro atoms. The Kier molecular flexibility index (Phi) is 12.0. The monoisotopic (exact) mass is 466 g/mol. The number of carbonyl (C=O) groups is 2. The predicted octanol–water partition coefficient (Wildman–Crippen LogP) is -8.23. The smallest absolute Gasteiger partial charge is 0.143 e. The molecule has 0 aliphatic carbocycles. The summed E-state index contributed by atoms with van der Waals surface area (Å²) in [5.41, 5.74) is 0. The number of carboxylic acid groups (broad SMARTS) is 2. The maximum atomic E-state index is 9.69. The second-order valence-corrected chi connectivity index (χ2v) is 9.01. The molecule has 12 atom stereocenters. The van der Waals surface area contributed by atoms with E-state index in [1.54, 1.807) is 0 Å². The molecule has 4 aliphatic rings. The molecule has 0 bridgehead atoms. The van der Waals surface area contributed by atoms with Crippen molar-refractivity contribution in [3.8, 4) is 0 Å². The van der Waals surface area contributed by atoms with Gasteiger partial charge in [0, 0.05) is 25.8 Å². The molecule has 0 saturated carbocycles. The van der Waals surface area contributed by atoms with Gasteiger partial charge in [-0.25, -0.2) is 0 Å². The topological polar surface area (TPSA) is 211 Å². The normalized spacial score (nSPS) is 46.5. The zero-order valence-corrected chi connectivity index (χ0v) is 18.5. The maximum Gasteiger partial charge on any atom is 0.143 e. The van der Waals surface area contributed by atoms with Gasteiger partial charge in [-0.05, 0) is 26.7 Å². The number of carbonyl (C=O) groups excluding carboxylic acids is 2. The molecule has 0 aromatic rings. The summed E-state index contributed by atoms with van der Waals surface area (Å²) in [7, 11) is 0. The van der Waals surface area contributed by atoms with Crippen molar-refractivity contribution in [1.29, 1.82) is 0 Å². The van der Waals surface area contributed by atoms with Crippen molar-refractivity contribution in [3.63, 3.8) is 0 Å². The van der Waals surface area contributed by atoms with E-state index >= 15 is 0 Å². The molecule has 0 aromatic heterocycles. The van der Waals surface area contributed by atoms with Crippen molar-refractivity contribution in [2.75, 3.05) is 13.1 Å². The van der Waals surface area contributed by atoms with Crippen molar-refractivity contribution >= 4 is 12.9 Å². The number of aliphatic hydroxyl groups excluding tert-OH is 6. The number of nitrogens with one attached hydrogen (secondary N) is 2. The minimum absolute atomic E-state index is 0.168. The molecule has 4 fully saturated rings. The summed E-state index contributed by atoms with van der Waals surface area (Å²) in [6.07, 6.45) is -0.237. The van der Waals surface area contributed by atoms with E-state index in [0.29, 0.717) is 25.2 Å². The molecule has 4 rings (SSSR count). The van der Waals surface area contributed by atoms with Gasteiger partial charge in [0.25, 0.3) is 0 Å². The van der Waals surface area contributed by atoms with Crippen LogP contribution in [0.2, 0.25) is 0 Å². The predicted molar refractivity (Wildman–Crippen MR) is 105 cm³/mol. The summed E-state index contributed by atoms with van der Waals surface area (Å²) in [6.45, 7) is 4.37. The van der Waals surface area contributed by atoms with E-state index in [1.165, 1.54) is 9.80 Å². The summed E-state index contributed by atoms with van der Waals surface area (Å²) < 4.78 is 0. The lowest BCUT2D eigenvalue weighted by Crippen LogP contribution is -3.20. The number of hydrogen-bond acceptors (Lipinski definition) is 10.